The SMILES string of the molecule is CNC(=O)NC(=O)CSc1nnc(-c2ccc3c(c2)OCO3)n1-c1ccccc1. The zero-order chi connectivity index (χ0) is 20.2. The first-order chi connectivity index (χ1) is 14.2. The largest absolute Gasteiger partial charge is 0.454 e. The van der Waals surface area contributed by atoms with Crippen molar-refractivity contribution in [2.45, 2.75) is 5.16 Å². The fourth-order valence-corrected chi connectivity index (χ4v) is 3.50. The fraction of sp³-hybridized carbons (Fsp3) is 0.158. The van der Waals surface area contributed by atoms with Gasteiger partial charge < -0.3 is 14.8 Å². The Kier molecular flexibility index (Phi) is 5.34. The van der Waals surface area contributed by atoms with Gasteiger partial charge in [-0.3, -0.25) is 14.7 Å². The number of amides is 3. The second-order valence-corrected chi connectivity index (χ2v) is 6.90. The smallest absolute Gasteiger partial charge is 0.321 e. The summed E-state index contributed by atoms with van der Waals surface area (Å²) in [4.78, 5) is 23.3. The van der Waals surface area contributed by atoms with E-state index in [1.807, 2.05) is 53.1 Å². The Balaban J connectivity index is 1.66. The molecule has 3 aromatic rings. The third-order valence-electron chi connectivity index (χ3n) is 4.09. The lowest BCUT2D eigenvalue weighted by molar-refractivity contribution is -0.117. The van der Waals surface area contributed by atoms with E-state index in [4.69, 9.17) is 9.47 Å². The Morgan fingerprint density at radius 2 is 1.90 bits per heavy atom. The molecule has 0 saturated carbocycles. The molecule has 4 rings (SSSR count). The average Bonchev–Trinajstić information content (AvgIpc) is 3.39. The Labute approximate surface area is 170 Å². The number of ether oxygens (including phenoxy) is 2. The third-order valence-corrected chi connectivity index (χ3v) is 5.02. The normalized spacial score (nSPS) is 11.9. The zero-order valence-corrected chi connectivity index (χ0v) is 16.2. The van der Waals surface area contributed by atoms with Gasteiger partial charge in [-0.2, -0.15) is 0 Å². The summed E-state index contributed by atoms with van der Waals surface area (Å²) in [5.41, 5.74) is 1.65. The van der Waals surface area contributed by atoms with E-state index in [-0.39, 0.29) is 12.5 Å². The molecule has 0 unspecified atom stereocenters. The van der Waals surface area contributed by atoms with Crippen molar-refractivity contribution < 1.29 is 19.1 Å². The van der Waals surface area contributed by atoms with E-state index in [0.29, 0.717) is 22.5 Å². The molecule has 3 amide bonds. The zero-order valence-electron chi connectivity index (χ0n) is 15.4. The number of rotatable bonds is 5. The van der Waals surface area contributed by atoms with E-state index in [9.17, 15) is 9.59 Å². The van der Waals surface area contributed by atoms with Crippen molar-refractivity contribution in [2.24, 2.45) is 0 Å². The lowest BCUT2D eigenvalue weighted by Gasteiger charge is -2.10. The van der Waals surface area contributed by atoms with Crippen LogP contribution in [0.15, 0.2) is 53.7 Å². The summed E-state index contributed by atoms with van der Waals surface area (Å²) in [7, 11) is 1.44. The highest BCUT2D eigenvalue weighted by Crippen LogP contribution is 2.36. The van der Waals surface area contributed by atoms with Crippen molar-refractivity contribution in [3.63, 3.8) is 0 Å². The first-order valence-corrected chi connectivity index (χ1v) is 9.69. The van der Waals surface area contributed by atoms with Crippen LogP contribution in [0.5, 0.6) is 11.5 Å². The van der Waals surface area contributed by atoms with Crippen molar-refractivity contribution >= 4 is 23.7 Å². The van der Waals surface area contributed by atoms with Crippen molar-refractivity contribution in [1.82, 2.24) is 25.4 Å². The molecular weight excluding hydrogens is 394 g/mol. The summed E-state index contributed by atoms with van der Waals surface area (Å²) in [5.74, 6) is 1.51. The number of nitrogens with zero attached hydrogens (tertiary/aromatic N) is 3. The highest BCUT2D eigenvalue weighted by molar-refractivity contribution is 7.99. The van der Waals surface area contributed by atoms with Gasteiger partial charge in [0.1, 0.15) is 0 Å². The Morgan fingerprint density at radius 1 is 1.10 bits per heavy atom. The van der Waals surface area contributed by atoms with Gasteiger partial charge in [0.05, 0.1) is 5.75 Å². The minimum absolute atomic E-state index is 0.0134. The molecule has 9 nitrogen and oxygen atoms in total. The monoisotopic (exact) mass is 411 g/mol. The van der Waals surface area contributed by atoms with Crippen molar-refractivity contribution in [1.29, 1.82) is 0 Å². The second kappa shape index (κ2) is 8.23. The molecule has 2 aromatic carbocycles. The number of hydrogen-bond acceptors (Lipinski definition) is 7. The van der Waals surface area contributed by atoms with Gasteiger partial charge in [-0.25, -0.2) is 4.79 Å². The van der Waals surface area contributed by atoms with E-state index in [1.165, 1.54) is 18.8 Å². The van der Waals surface area contributed by atoms with Gasteiger partial charge in [0, 0.05) is 18.3 Å². The maximum atomic E-state index is 12.0. The van der Waals surface area contributed by atoms with E-state index < -0.39 is 11.9 Å². The number of aromatic nitrogens is 3. The molecule has 10 heteroatoms. The maximum Gasteiger partial charge on any atom is 0.321 e. The van der Waals surface area contributed by atoms with Gasteiger partial charge in [-0.15, -0.1) is 10.2 Å². The summed E-state index contributed by atoms with van der Waals surface area (Å²) < 4.78 is 12.7. The van der Waals surface area contributed by atoms with E-state index in [0.717, 1.165) is 11.3 Å². The molecule has 29 heavy (non-hydrogen) atoms. The standard InChI is InChI=1S/C19H17N5O4S/c1-20-18(26)21-16(25)10-29-19-23-22-17(24(19)13-5-3-2-4-6-13)12-7-8-14-15(9-12)28-11-27-14/h2-9H,10-11H2,1H3,(H2,20,21,25,26). The number of hydrogen-bond donors (Lipinski definition) is 2. The highest BCUT2D eigenvalue weighted by atomic mass is 32.2. The predicted octanol–water partition coefficient (Wildman–Crippen LogP) is 2.21. The molecule has 1 aliphatic rings. The Bertz CT molecular complexity index is 1050. The summed E-state index contributed by atoms with van der Waals surface area (Å²) in [6, 6.07) is 14.6. The summed E-state index contributed by atoms with van der Waals surface area (Å²) >= 11 is 1.18. The Morgan fingerprint density at radius 3 is 2.69 bits per heavy atom. The molecule has 2 heterocycles. The first kappa shape index (κ1) is 18.8. The predicted molar refractivity (Wildman–Crippen MR) is 106 cm³/mol. The summed E-state index contributed by atoms with van der Waals surface area (Å²) in [6.45, 7) is 0.186. The van der Waals surface area contributed by atoms with Gasteiger partial charge in [-0.05, 0) is 30.3 Å². The van der Waals surface area contributed by atoms with Crippen LogP contribution in [0.1, 0.15) is 0 Å². The van der Waals surface area contributed by atoms with Crippen LogP contribution in [-0.2, 0) is 4.79 Å². The molecule has 148 valence electrons. The summed E-state index contributed by atoms with van der Waals surface area (Å²) in [5, 5.41) is 13.7. The van der Waals surface area contributed by atoms with Crippen LogP contribution in [0, 0.1) is 0 Å². The molecule has 1 aliphatic heterocycles. The molecule has 1 aromatic heterocycles. The van der Waals surface area contributed by atoms with Crippen LogP contribution >= 0.6 is 11.8 Å². The number of nitrogens with one attached hydrogen (secondary N) is 2. The Hall–Kier alpha value is -3.53. The number of benzene rings is 2. The number of para-hydroxylation sites is 1. The van der Waals surface area contributed by atoms with Crippen LogP contribution in [0.4, 0.5) is 4.79 Å². The van der Waals surface area contributed by atoms with Gasteiger partial charge in [0.2, 0.25) is 12.7 Å². The number of carbonyl (C=O) groups is 2. The quantitative estimate of drug-likeness (QED) is 0.620. The van der Waals surface area contributed by atoms with E-state index in [1.54, 1.807) is 0 Å². The molecule has 0 spiro atoms. The van der Waals surface area contributed by atoms with Crippen LogP contribution in [0.3, 0.4) is 0 Å². The topological polar surface area (TPSA) is 107 Å². The average molecular weight is 411 g/mol. The fourth-order valence-electron chi connectivity index (χ4n) is 2.75. The molecule has 0 radical (unpaired) electrons. The number of imide groups is 1. The van der Waals surface area contributed by atoms with Gasteiger partial charge >= 0.3 is 6.03 Å². The number of urea groups is 1. The lowest BCUT2D eigenvalue weighted by atomic mass is 10.2. The lowest BCUT2D eigenvalue weighted by Crippen LogP contribution is -2.38. The van der Waals surface area contributed by atoms with Crippen molar-refractivity contribution in [2.75, 3.05) is 19.6 Å². The van der Waals surface area contributed by atoms with Crippen LogP contribution in [0.2, 0.25) is 0 Å². The minimum Gasteiger partial charge on any atom is -0.454 e. The van der Waals surface area contributed by atoms with Crippen LogP contribution in [-0.4, -0.2) is 46.3 Å². The molecular formula is C19H17N5O4S. The molecule has 0 aliphatic carbocycles. The number of fused-ring (bicyclic) bond motifs is 1. The van der Waals surface area contributed by atoms with Gasteiger partial charge in [0.15, 0.2) is 22.5 Å². The number of carbonyl (C=O) groups excluding carboxylic acids is 2. The van der Waals surface area contributed by atoms with Crippen LogP contribution in [0.25, 0.3) is 17.1 Å². The molecule has 0 saturated heterocycles. The van der Waals surface area contributed by atoms with Crippen molar-refractivity contribution in [3.05, 3.63) is 48.5 Å². The van der Waals surface area contributed by atoms with Crippen LogP contribution < -0.4 is 20.1 Å². The number of thioether (sulfide) groups is 1. The third kappa shape index (κ3) is 4.02. The second-order valence-electron chi connectivity index (χ2n) is 5.96. The van der Waals surface area contributed by atoms with Gasteiger partial charge in [-0.1, -0.05) is 30.0 Å². The molecule has 0 fully saturated rings. The molecule has 0 atom stereocenters. The van der Waals surface area contributed by atoms with E-state index >= 15 is 0 Å². The molecule has 2 N–H and O–H groups in total. The molecule has 0 bridgehead atoms. The highest BCUT2D eigenvalue weighted by Gasteiger charge is 2.20. The minimum atomic E-state index is -0.554. The maximum absolute atomic E-state index is 12.0. The van der Waals surface area contributed by atoms with Gasteiger partial charge in [0.25, 0.3) is 0 Å². The first-order valence-electron chi connectivity index (χ1n) is 8.71. The van der Waals surface area contributed by atoms with Crippen molar-refractivity contribution in [3.8, 4) is 28.6 Å². The van der Waals surface area contributed by atoms with E-state index in [2.05, 4.69) is 20.8 Å². The summed E-state index contributed by atoms with van der Waals surface area (Å²) in [6.07, 6.45) is 0.